The molecule has 112 valence electrons. The van der Waals surface area contributed by atoms with Gasteiger partial charge in [-0.3, -0.25) is 9.59 Å². The predicted molar refractivity (Wildman–Crippen MR) is 76.3 cm³/mol. The fourth-order valence-corrected chi connectivity index (χ4v) is 2.14. The molecule has 1 atom stereocenters. The summed E-state index contributed by atoms with van der Waals surface area (Å²) in [6, 6.07) is 4.98. The van der Waals surface area contributed by atoms with Crippen LogP contribution in [0.4, 0.5) is 0 Å². The van der Waals surface area contributed by atoms with Crippen molar-refractivity contribution in [3.63, 3.8) is 0 Å². The smallest absolute Gasteiger partial charge is 0.305 e. The first-order valence-electron chi connectivity index (χ1n) is 6.55. The molecule has 0 spiro atoms. The van der Waals surface area contributed by atoms with Crippen LogP contribution in [-0.2, 0) is 16.0 Å². The van der Waals surface area contributed by atoms with Crippen LogP contribution in [0.1, 0.15) is 18.9 Å². The van der Waals surface area contributed by atoms with Gasteiger partial charge in [-0.15, -0.1) is 0 Å². The number of carboxylic acid groups (broad SMARTS) is 1. The molecule has 0 radical (unpaired) electrons. The standard InChI is InChI=1S/C15H17NO5/c1-9(5-15(18)19)16-14(17)6-10-8-21-13-7-11(20-2)3-4-12(10)13/h3-4,7-9H,5-6H2,1-2H3,(H,16,17)(H,18,19). The fraction of sp³-hybridized carbons (Fsp3) is 0.333. The van der Waals surface area contributed by atoms with E-state index >= 15 is 0 Å². The van der Waals surface area contributed by atoms with Crippen LogP contribution in [0.15, 0.2) is 28.9 Å². The molecule has 2 N–H and O–H groups in total. The number of hydrogen-bond acceptors (Lipinski definition) is 4. The summed E-state index contributed by atoms with van der Waals surface area (Å²) in [5.41, 5.74) is 1.41. The van der Waals surface area contributed by atoms with Gasteiger partial charge in [-0.2, -0.15) is 0 Å². The number of aliphatic carboxylic acids is 1. The highest BCUT2D eigenvalue weighted by Crippen LogP contribution is 2.25. The minimum absolute atomic E-state index is 0.102. The third-order valence-electron chi connectivity index (χ3n) is 3.10. The summed E-state index contributed by atoms with van der Waals surface area (Å²) in [7, 11) is 1.57. The van der Waals surface area contributed by atoms with E-state index in [1.165, 1.54) is 6.26 Å². The Morgan fingerprint density at radius 2 is 2.19 bits per heavy atom. The number of carbonyl (C=O) groups is 2. The molecule has 1 heterocycles. The molecule has 0 aliphatic heterocycles. The molecule has 1 unspecified atom stereocenters. The lowest BCUT2D eigenvalue weighted by Crippen LogP contribution is -2.35. The van der Waals surface area contributed by atoms with E-state index in [0.29, 0.717) is 11.3 Å². The monoisotopic (exact) mass is 291 g/mol. The van der Waals surface area contributed by atoms with Gasteiger partial charge < -0.3 is 19.6 Å². The first-order chi connectivity index (χ1) is 9.99. The molecule has 0 saturated heterocycles. The number of rotatable bonds is 6. The minimum atomic E-state index is -0.941. The number of carbonyl (C=O) groups excluding carboxylic acids is 1. The molecular weight excluding hydrogens is 274 g/mol. The molecule has 6 heteroatoms. The van der Waals surface area contributed by atoms with Gasteiger partial charge in [-0.25, -0.2) is 0 Å². The number of carboxylic acids is 1. The van der Waals surface area contributed by atoms with Crippen LogP contribution in [0, 0.1) is 0 Å². The summed E-state index contributed by atoms with van der Waals surface area (Å²) in [5, 5.41) is 12.2. The Labute approximate surface area is 121 Å². The molecule has 2 rings (SSSR count). The van der Waals surface area contributed by atoms with Gasteiger partial charge in [0.25, 0.3) is 0 Å². The highest BCUT2D eigenvalue weighted by atomic mass is 16.5. The van der Waals surface area contributed by atoms with Gasteiger partial charge >= 0.3 is 5.97 Å². The van der Waals surface area contributed by atoms with Crippen LogP contribution in [-0.4, -0.2) is 30.1 Å². The van der Waals surface area contributed by atoms with E-state index in [1.54, 1.807) is 26.2 Å². The summed E-state index contributed by atoms with van der Waals surface area (Å²) in [4.78, 5) is 22.5. The summed E-state index contributed by atoms with van der Waals surface area (Å²) in [6.45, 7) is 1.66. The second-order valence-electron chi connectivity index (χ2n) is 4.87. The molecule has 0 aliphatic rings. The van der Waals surface area contributed by atoms with Gasteiger partial charge in [0.15, 0.2) is 0 Å². The van der Waals surface area contributed by atoms with Gasteiger partial charge in [0.1, 0.15) is 11.3 Å². The van der Waals surface area contributed by atoms with Gasteiger partial charge in [0, 0.05) is 23.1 Å². The molecule has 0 saturated carbocycles. The van der Waals surface area contributed by atoms with Crippen molar-refractivity contribution in [1.82, 2.24) is 5.32 Å². The van der Waals surface area contributed by atoms with E-state index in [1.807, 2.05) is 6.07 Å². The third kappa shape index (κ3) is 3.75. The summed E-state index contributed by atoms with van der Waals surface area (Å²) < 4.78 is 10.5. The van der Waals surface area contributed by atoms with Crippen LogP contribution in [0.2, 0.25) is 0 Å². The lowest BCUT2D eigenvalue weighted by molar-refractivity contribution is -0.137. The molecule has 0 aliphatic carbocycles. The average molecular weight is 291 g/mol. The maximum Gasteiger partial charge on any atom is 0.305 e. The lowest BCUT2D eigenvalue weighted by atomic mass is 10.1. The summed E-state index contributed by atoms with van der Waals surface area (Å²) in [6.07, 6.45) is 1.57. The Hall–Kier alpha value is -2.50. The maximum atomic E-state index is 11.9. The number of ether oxygens (including phenoxy) is 1. The molecule has 21 heavy (non-hydrogen) atoms. The van der Waals surface area contributed by atoms with Gasteiger partial charge in [-0.1, -0.05) is 0 Å². The van der Waals surface area contributed by atoms with E-state index in [2.05, 4.69) is 5.32 Å². The van der Waals surface area contributed by atoms with Crippen LogP contribution < -0.4 is 10.1 Å². The quantitative estimate of drug-likeness (QED) is 0.849. The molecule has 2 aromatic rings. The van der Waals surface area contributed by atoms with Crippen molar-refractivity contribution in [2.75, 3.05) is 7.11 Å². The average Bonchev–Trinajstić information content (AvgIpc) is 2.79. The Morgan fingerprint density at radius 1 is 1.43 bits per heavy atom. The van der Waals surface area contributed by atoms with Crippen molar-refractivity contribution in [3.8, 4) is 5.75 Å². The maximum absolute atomic E-state index is 11.9. The van der Waals surface area contributed by atoms with Crippen molar-refractivity contribution in [3.05, 3.63) is 30.0 Å². The highest BCUT2D eigenvalue weighted by molar-refractivity contribution is 5.88. The lowest BCUT2D eigenvalue weighted by Gasteiger charge is -2.10. The highest BCUT2D eigenvalue weighted by Gasteiger charge is 2.14. The van der Waals surface area contributed by atoms with Crippen molar-refractivity contribution in [2.45, 2.75) is 25.8 Å². The largest absolute Gasteiger partial charge is 0.497 e. The first-order valence-corrected chi connectivity index (χ1v) is 6.55. The number of nitrogens with one attached hydrogen (secondary N) is 1. The Morgan fingerprint density at radius 3 is 2.86 bits per heavy atom. The zero-order valence-corrected chi connectivity index (χ0v) is 11.9. The topological polar surface area (TPSA) is 88.8 Å². The molecular formula is C15H17NO5. The third-order valence-corrected chi connectivity index (χ3v) is 3.10. The predicted octanol–water partition coefficient (Wildman–Crippen LogP) is 1.96. The molecule has 1 aromatic carbocycles. The van der Waals surface area contributed by atoms with Gasteiger partial charge in [0.2, 0.25) is 5.91 Å². The van der Waals surface area contributed by atoms with Crippen LogP contribution >= 0.6 is 0 Å². The Balaban J connectivity index is 2.06. The number of furan rings is 1. The van der Waals surface area contributed by atoms with Gasteiger partial charge in [-0.05, 0) is 19.1 Å². The number of methoxy groups -OCH3 is 1. The van der Waals surface area contributed by atoms with Crippen molar-refractivity contribution in [2.24, 2.45) is 0 Å². The van der Waals surface area contributed by atoms with Crippen LogP contribution in [0.3, 0.4) is 0 Å². The summed E-state index contributed by atoms with van der Waals surface area (Å²) >= 11 is 0. The number of hydrogen-bond donors (Lipinski definition) is 2. The van der Waals surface area contributed by atoms with Gasteiger partial charge in [0.05, 0.1) is 26.2 Å². The summed E-state index contributed by atoms with van der Waals surface area (Å²) in [5.74, 6) is -0.492. The van der Waals surface area contributed by atoms with E-state index < -0.39 is 12.0 Å². The SMILES string of the molecule is COc1ccc2c(CC(=O)NC(C)CC(=O)O)coc2c1. The second-order valence-corrected chi connectivity index (χ2v) is 4.87. The van der Waals surface area contributed by atoms with Crippen molar-refractivity contribution < 1.29 is 23.8 Å². The molecule has 1 amide bonds. The molecule has 0 fully saturated rings. The van der Waals surface area contributed by atoms with E-state index in [9.17, 15) is 9.59 Å². The van der Waals surface area contributed by atoms with Crippen molar-refractivity contribution >= 4 is 22.8 Å². The fourth-order valence-electron chi connectivity index (χ4n) is 2.14. The number of amides is 1. The Bertz CT molecular complexity index is 661. The number of benzene rings is 1. The van der Waals surface area contributed by atoms with Crippen LogP contribution in [0.25, 0.3) is 11.0 Å². The Kier molecular flexibility index (Phi) is 4.47. The minimum Gasteiger partial charge on any atom is -0.497 e. The number of fused-ring (bicyclic) bond motifs is 1. The molecule has 6 nitrogen and oxygen atoms in total. The second kappa shape index (κ2) is 6.30. The zero-order valence-electron chi connectivity index (χ0n) is 11.9. The molecule has 1 aromatic heterocycles. The first kappa shape index (κ1) is 14.9. The van der Waals surface area contributed by atoms with Crippen LogP contribution in [0.5, 0.6) is 5.75 Å². The van der Waals surface area contributed by atoms with E-state index in [4.69, 9.17) is 14.3 Å². The normalized spacial score (nSPS) is 12.1. The van der Waals surface area contributed by atoms with E-state index in [0.717, 1.165) is 10.9 Å². The zero-order chi connectivity index (χ0) is 15.4. The van der Waals surface area contributed by atoms with Crippen molar-refractivity contribution in [1.29, 1.82) is 0 Å². The van der Waals surface area contributed by atoms with E-state index in [-0.39, 0.29) is 18.7 Å². The molecule has 0 bridgehead atoms.